The molecule has 0 bridgehead atoms. The predicted molar refractivity (Wildman–Crippen MR) is 21.8 cm³/mol. The zero-order valence-electron chi connectivity index (χ0n) is 4.60. The van der Waals surface area contributed by atoms with Gasteiger partial charge in [-0.2, -0.15) is 0 Å². The molecule has 0 rings (SSSR count). The van der Waals surface area contributed by atoms with Crippen LogP contribution in [0.15, 0.2) is 0 Å². The summed E-state index contributed by atoms with van der Waals surface area (Å²) in [6, 6.07) is 0. The minimum atomic E-state index is -3.19. The molecule has 0 spiro atoms. The van der Waals surface area contributed by atoms with Crippen molar-refractivity contribution in [2.24, 2.45) is 0 Å². The van der Waals surface area contributed by atoms with Crippen LogP contribution in [0.25, 0.3) is 0 Å². The summed E-state index contributed by atoms with van der Waals surface area (Å²) in [5.41, 5.74) is 0. The van der Waals surface area contributed by atoms with Crippen LogP contribution in [0.2, 0.25) is 0 Å². The van der Waals surface area contributed by atoms with E-state index in [0.29, 0.717) is 0 Å². The van der Waals surface area contributed by atoms with Gasteiger partial charge in [0.1, 0.15) is 0 Å². The molecule has 0 aromatic carbocycles. The van der Waals surface area contributed by atoms with E-state index in [4.69, 9.17) is 0 Å². The Balaban J connectivity index is -0.0000000800. The molecule has 0 aliphatic carbocycles. The van der Waals surface area contributed by atoms with Crippen molar-refractivity contribution in [2.75, 3.05) is 6.26 Å². The molecule has 0 aliphatic heterocycles. The van der Waals surface area contributed by atoms with E-state index in [-0.39, 0.29) is 52.8 Å². The first-order chi connectivity index (χ1) is 2.00. The molecular weight excluding hydrogens is 151 g/mol. The largest absolute Gasteiger partial charge is 1.00 e. The van der Waals surface area contributed by atoms with E-state index in [9.17, 15) is 8.42 Å². The topological polar surface area (TPSA) is 34.1 Å². The van der Waals surface area contributed by atoms with Crippen LogP contribution in [0.1, 0.15) is 1.43 Å². The van der Waals surface area contributed by atoms with Crippen LogP contribution in [0.4, 0.5) is 0 Å². The Labute approximate surface area is 85.6 Å². The molecule has 6 heavy (non-hydrogen) atoms. The fourth-order valence-corrected chi connectivity index (χ4v) is 0. The van der Waals surface area contributed by atoms with Gasteiger partial charge in [-0.05, 0) is 0 Å². The molecule has 0 radical (unpaired) electrons. The van der Waals surface area contributed by atoms with Crippen LogP contribution in [-0.2, 0) is 9.05 Å². The van der Waals surface area contributed by atoms with E-state index in [1.165, 1.54) is 0 Å². The van der Waals surface area contributed by atoms with E-state index >= 15 is 0 Å². The third-order valence-electron chi connectivity index (χ3n) is 0. The average molecular weight is 155 g/mol. The summed E-state index contributed by atoms with van der Waals surface area (Å²) in [5, 5.41) is 0. The van der Waals surface area contributed by atoms with Crippen molar-refractivity contribution >= 4 is 19.7 Å². The smallest absolute Gasteiger partial charge is 1.00 e. The van der Waals surface area contributed by atoms with Crippen molar-refractivity contribution in [2.45, 2.75) is 0 Å². The van der Waals surface area contributed by atoms with Gasteiger partial charge < -0.3 is 1.43 Å². The fraction of sp³-hybridized carbons (Fsp3) is 1.00. The normalized spacial score (nSPS) is 9.67. The van der Waals surface area contributed by atoms with Crippen LogP contribution in [0, 0.1) is 0 Å². The van der Waals surface area contributed by atoms with Gasteiger partial charge in [0.2, 0.25) is 9.05 Å². The number of rotatable bonds is 0. The molecule has 2 nitrogen and oxygen atoms in total. The second kappa shape index (κ2) is 3.83. The van der Waals surface area contributed by atoms with Gasteiger partial charge in [-0.15, -0.1) is 0 Å². The molecule has 0 atom stereocenters. The van der Waals surface area contributed by atoms with E-state index in [0.717, 1.165) is 6.26 Å². The van der Waals surface area contributed by atoms with Gasteiger partial charge in [-0.1, -0.05) is 0 Å². The van der Waals surface area contributed by atoms with Gasteiger partial charge in [0, 0.05) is 10.7 Å². The fourth-order valence-electron chi connectivity index (χ4n) is 0. The molecule has 0 fully saturated rings. The number of hydrogen-bond acceptors (Lipinski definition) is 2. The molecule has 0 unspecified atom stereocenters. The summed E-state index contributed by atoms with van der Waals surface area (Å²) in [6.07, 6.45) is 0.925. The van der Waals surface area contributed by atoms with E-state index < -0.39 is 9.05 Å². The second-order valence-electron chi connectivity index (χ2n) is 0.682. The maximum absolute atomic E-state index is 9.40. The third kappa shape index (κ3) is 39.7. The van der Waals surface area contributed by atoms with Crippen molar-refractivity contribution < 1.29 is 61.2 Å². The molecule has 0 amide bonds. The van der Waals surface area contributed by atoms with E-state index in [1.807, 2.05) is 0 Å². The SMILES string of the molecule is CS(=O)(=O)Cl.[H-].[K+]. The summed E-state index contributed by atoms with van der Waals surface area (Å²) in [7, 11) is 1.31. The molecule has 34 valence electrons. The first-order valence-corrected chi connectivity index (χ1v) is 3.61. The summed E-state index contributed by atoms with van der Waals surface area (Å²) < 4.78 is 18.8. The standard InChI is InChI=1S/CH3ClO2S.K.H/c1-5(2,3)4;;/h1H3;;/q;+1;-1. The van der Waals surface area contributed by atoms with Crippen LogP contribution < -0.4 is 51.4 Å². The van der Waals surface area contributed by atoms with Crippen LogP contribution >= 0.6 is 10.7 Å². The van der Waals surface area contributed by atoms with Crippen molar-refractivity contribution in [1.29, 1.82) is 0 Å². The van der Waals surface area contributed by atoms with Crippen molar-refractivity contribution in [3.8, 4) is 0 Å². The minimum Gasteiger partial charge on any atom is -1.00 e. The Morgan fingerprint density at radius 1 is 1.67 bits per heavy atom. The quantitative estimate of drug-likeness (QED) is 0.281. The molecule has 0 aromatic rings. The summed E-state index contributed by atoms with van der Waals surface area (Å²) in [6.45, 7) is 0. The summed E-state index contributed by atoms with van der Waals surface area (Å²) in [4.78, 5) is 0. The molecule has 5 heteroatoms. The van der Waals surface area contributed by atoms with Crippen LogP contribution in [0.3, 0.4) is 0 Å². The summed E-state index contributed by atoms with van der Waals surface area (Å²) >= 11 is 0. The van der Waals surface area contributed by atoms with Crippen molar-refractivity contribution in [3.05, 3.63) is 0 Å². The molecule has 0 saturated carbocycles. The van der Waals surface area contributed by atoms with Gasteiger partial charge >= 0.3 is 51.4 Å². The zero-order chi connectivity index (χ0) is 4.50. The number of halogens is 1. The van der Waals surface area contributed by atoms with Gasteiger partial charge in [0.05, 0.1) is 6.26 Å². The molecule has 0 aromatic heterocycles. The predicted octanol–water partition coefficient (Wildman–Crippen LogP) is -2.70. The molecule has 0 heterocycles. The van der Waals surface area contributed by atoms with Crippen LogP contribution in [0.5, 0.6) is 0 Å². The average Bonchev–Trinajstić information content (AvgIpc) is 0.722. The van der Waals surface area contributed by atoms with Gasteiger partial charge in [0.25, 0.3) is 0 Å². The van der Waals surface area contributed by atoms with E-state index in [1.54, 1.807) is 0 Å². The van der Waals surface area contributed by atoms with Crippen molar-refractivity contribution in [3.63, 3.8) is 0 Å². The number of hydrogen-bond donors (Lipinski definition) is 0. The summed E-state index contributed by atoms with van der Waals surface area (Å²) in [5.74, 6) is 0. The first-order valence-electron chi connectivity index (χ1n) is 0.896. The zero-order valence-corrected chi connectivity index (χ0v) is 8.30. The van der Waals surface area contributed by atoms with E-state index in [2.05, 4.69) is 10.7 Å². The molecule has 0 N–H and O–H groups in total. The molecular formula is CH4ClKO2S. The van der Waals surface area contributed by atoms with Crippen LogP contribution in [-0.4, -0.2) is 14.7 Å². The maximum atomic E-state index is 9.40. The minimum absolute atomic E-state index is 0. The monoisotopic (exact) mass is 154 g/mol. The second-order valence-corrected chi connectivity index (χ2v) is 3.73. The Kier molecular flexibility index (Phi) is 6.88. The van der Waals surface area contributed by atoms with Crippen molar-refractivity contribution in [1.82, 2.24) is 0 Å². The molecule has 0 saturated heterocycles. The Bertz CT molecular complexity index is 101. The van der Waals surface area contributed by atoms with Gasteiger partial charge in [-0.25, -0.2) is 8.42 Å². The third-order valence-corrected chi connectivity index (χ3v) is 0. The first kappa shape index (κ1) is 10.8. The molecule has 0 aliphatic rings. The van der Waals surface area contributed by atoms with Gasteiger partial charge in [-0.3, -0.25) is 0 Å². The Morgan fingerprint density at radius 2 is 1.67 bits per heavy atom. The Morgan fingerprint density at radius 3 is 1.67 bits per heavy atom. The van der Waals surface area contributed by atoms with Gasteiger partial charge in [0.15, 0.2) is 0 Å². The maximum Gasteiger partial charge on any atom is 1.00 e. The Hall–Kier alpha value is 1.88.